The van der Waals surface area contributed by atoms with Gasteiger partial charge in [-0.3, -0.25) is 4.79 Å². The molecule has 1 aliphatic carbocycles. The van der Waals surface area contributed by atoms with E-state index in [0.717, 1.165) is 18.9 Å². The number of hydrogen-bond acceptors (Lipinski definition) is 3. The van der Waals surface area contributed by atoms with Crippen molar-refractivity contribution in [1.82, 2.24) is 4.90 Å². The predicted molar refractivity (Wildman–Crippen MR) is 54.7 cm³/mol. The molecule has 0 bridgehead atoms. The molecule has 1 fully saturated rings. The topological polar surface area (TPSA) is 66.6 Å². The van der Waals surface area contributed by atoms with Crippen molar-refractivity contribution < 1.29 is 9.90 Å². The van der Waals surface area contributed by atoms with Crippen LogP contribution < -0.4 is 5.73 Å². The second-order valence-corrected chi connectivity index (χ2v) is 4.13. The van der Waals surface area contributed by atoms with Crippen LogP contribution in [0.4, 0.5) is 0 Å². The van der Waals surface area contributed by atoms with Crippen molar-refractivity contribution in [3.63, 3.8) is 0 Å². The quantitative estimate of drug-likeness (QED) is 0.654. The number of rotatable bonds is 5. The Morgan fingerprint density at radius 3 is 2.71 bits per heavy atom. The molecule has 3 N–H and O–H groups in total. The number of amides is 1. The first-order chi connectivity index (χ1) is 6.65. The third-order valence-corrected chi connectivity index (χ3v) is 2.99. The molecule has 1 saturated carbocycles. The Morgan fingerprint density at radius 1 is 1.64 bits per heavy atom. The Labute approximate surface area is 85.1 Å². The van der Waals surface area contributed by atoms with Crippen molar-refractivity contribution in [2.75, 3.05) is 20.2 Å². The second-order valence-electron chi connectivity index (χ2n) is 4.13. The first-order valence-corrected chi connectivity index (χ1v) is 5.26. The average Bonchev–Trinajstić information content (AvgIpc) is 2.12. The van der Waals surface area contributed by atoms with Crippen LogP contribution in [0.2, 0.25) is 0 Å². The number of nitrogens with two attached hydrogens (primary N) is 1. The zero-order valence-electron chi connectivity index (χ0n) is 8.78. The Morgan fingerprint density at radius 2 is 2.29 bits per heavy atom. The van der Waals surface area contributed by atoms with E-state index < -0.39 is 6.04 Å². The van der Waals surface area contributed by atoms with Crippen LogP contribution in [0, 0.1) is 5.92 Å². The summed E-state index contributed by atoms with van der Waals surface area (Å²) in [5, 5.41) is 8.72. The van der Waals surface area contributed by atoms with E-state index in [4.69, 9.17) is 10.8 Å². The predicted octanol–water partition coefficient (Wildman–Crippen LogP) is -0.0454. The molecule has 1 atom stereocenters. The Balaban J connectivity index is 2.18. The molecule has 0 aromatic heterocycles. The molecule has 1 amide bonds. The van der Waals surface area contributed by atoms with Gasteiger partial charge >= 0.3 is 0 Å². The minimum absolute atomic E-state index is 0.160. The van der Waals surface area contributed by atoms with Crippen LogP contribution in [0.15, 0.2) is 0 Å². The maximum absolute atomic E-state index is 11.4. The molecule has 1 aliphatic rings. The highest BCUT2D eigenvalue weighted by atomic mass is 16.3. The summed E-state index contributed by atoms with van der Waals surface area (Å²) in [7, 11) is 1.75. The van der Waals surface area contributed by atoms with Crippen molar-refractivity contribution in [3.05, 3.63) is 0 Å². The van der Waals surface area contributed by atoms with Gasteiger partial charge in [-0.05, 0) is 12.3 Å². The summed E-state index contributed by atoms with van der Waals surface area (Å²) in [5.74, 6) is 0.641. The molecule has 0 saturated heterocycles. The maximum atomic E-state index is 11.4. The Bertz CT molecular complexity index is 193. The lowest BCUT2D eigenvalue weighted by atomic mass is 9.83. The van der Waals surface area contributed by atoms with Gasteiger partial charge < -0.3 is 15.7 Å². The molecule has 1 unspecified atom stereocenters. The molecule has 14 heavy (non-hydrogen) atoms. The molecule has 4 nitrogen and oxygen atoms in total. The summed E-state index contributed by atoms with van der Waals surface area (Å²) < 4.78 is 0. The molecule has 82 valence electrons. The third-order valence-electron chi connectivity index (χ3n) is 2.99. The smallest absolute Gasteiger partial charge is 0.241 e. The van der Waals surface area contributed by atoms with Gasteiger partial charge in [-0.2, -0.15) is 0 Å². The van der Waals surface area contributed by atoms with Crippen LogP contribution >= 0.6 is 0 Å². The minimum atomic E-state index is -0.749. The standard InChI is InChI=1S/C10H20N2O2/c1-12(10(14)9(11)7-13)6-5-8-3-2-4-8/h8-9,13H,2-7,11H2,1H3. The van der Waals surface area contributed by atoms with E-state index in [1.807, 2.05) is 0 Å². The van der Waals surface area contributed by atoms with Gasteiger partial charge in [-0.25, -0.2) is 0 Å². The first-order valence-electron chi connectivity index (χ1n) is 5.26. The largest absolute Gasteiger partial charge is 0.394 e. The van der Waals surface area contributed by atoms with Gasteiger partial charge in [0, 0.05) is 13.6 Å². The number of likely N-dealkylation sites (N-methyl/N-ethyl adjacent to an activating group) is 1. The summed E-state index contributed by atoms with van der Waals surface area (Å²) in [6.07, 6.45) is 5.00. The molecular weight excluding hydrogens is 180 g/mol. The normalized spacial score (nSPS) is 18.8. The monoisotopic (exact) mass is 200 g/mol. The van der Waals surface area contributed by atoms with E-state index in [9.17, 15) is 4.79 Å². The van der Waals surface area contributed by atoms with Crippen LogP contribution in [-0.2, 0) is 4.79 Å². The molecule has 0 spiro atoms. The number of carbonyl (C=O) groups is 1. The molecule has 0 aliphatic heterocycles. The number of aliphatic hydroxyl groups is 1. The lowest BCUT2D eigenvalue weighted by molar-refractivity contribution is -0.132. The average molecular weight is 200 g/mol. The molecular formula is C10H20N2O2. The number of aliphatic hydroxyl groups excluding tert-OH is 1. The zero-order valence-corrected chi connectivity index (χ0v) is 8.78. The summed E-state index contributed by atoms with van der Waals surface area (Å²) in [6, 6.07) is -0.749. The van der Waals surface area contributed by atoms with Gasteiger partial charge in [-0.1, -0.05) is 19.3 Å². The number of nitrogens with zero attached hydrogens (tertiary/aromatic N) is 1. The lowest BCUT2D eigenvalue weighted by Gasteiger charge is -2.28. The fourth-order valence-electron chi connectivity index (χ4n) is 1.63. The molecule has 0 aromatic carbocycles. The third kappa shape index (κ3) is 2.96. The van der Waals surface area contributed by atoms with Crippen LogP contribution in [0.25, 0.3) is 0 Å². The fourth-order valence-corrected chi connectivity index (χ4v) is 1.63. The summed E-state index contributed by atoms with van der Waals surface area (Å²) in [6.45, 7) is 0.490. The molecule has 1 rings (SSSR count). The van der Waals surface area contributed by atoms with E-state index in [1.165, 1.54) is 19.3 Å². The van der Waals surface area contributed by atoms with Gasteiger partial charge in [-0.15, -0.1) is 0 Å². The highest BCUT2D eigenvalue weighted by Crippen LogP contribution is 2.29. The summed E-state index contributed by atoms with van der Waals surface area (Å²) >= 11 is 0. The van der Waals surface area contributed by atoms with Gasteiger partial charge in [0.15, 0.2) is 0 Å². The van der Waals surface area contributed by atoms with Crippen molar-refractivity contribution in [2.45, 2.75) is 31.7 Å². The van der Waals surface area contributed by atoms with E-state index in [1.54, 1.807) is 11.9 Å². The van der Waals surface area contributed by atoms with Gasteiger partial charge in [0.25, 0.3) is 0 Å². The molecule has 0 heterocycles. The molecule has 4 heteroatoms. The van der Waals surface area contributed by atoms with Crippen molar-refractivity contribution >= 4 is 5.91 Å². The highest BCUT2D eigenvalue weighted by Gasteiger charge is 2.21. The van der Waals surface area contributed by atoms with Crippen LogP contribution in [0.5, 0.6) is 0 Å². The van der Waals surface area contributed by atoms with Crippen molar-refractivity contribution in [2.24, 2.45) is 11.7 Å². The minimum Gasteiger partial charge on any atom is -0.394 e. The summed E-state index contributed by atoms with van der Waals surface area (Å²) in [4.78, 5) is 13.1. The molecule has 0 aromatic rings. The summed E-state index contributed by atoms with van der Waals surface area (Å²) in [5.41, 5.74) is 5.43. The maximum Gasteiger partial charge on any atom is 0.241 e. The van der Waals surface area contributed by atoms with Gasteiger partial charge in [0.05, 0.1) is 6.61 Å². The Kier molecular flexibility index (Phi) is 4.35. The van der Waals surface area contributed by atoms with Crippen LogP contribution in [0.3, 0.4) is 0 Å². The SMILES string of the molecule is CN(CCC1CCC1)C(=O)C(N)CO. The van der Waals surface area contributed by atoms with E-state index in [0.29, 0.717) is 0 Å². The van der Waals surface area contributed by atoms with Crippen LogP contribution in [0.1, 0.15) is 25.7 Å². The molecule has 0 radical (unpaired) electrons. The van der Waals surface area contributed by atoms with Gasteiger partial charge in [0.2, 0.25) is 5.91 Å². The van der Waals surface area contributed by atoms with Crippen molar-refractivity contribution in [3.8, 4) is 0 Å². The van der Waals surface area contributed by atoms with E-state index in [-0.39, 0.29) is 12.5 Å². The Hall–Kier alpha value is -0.610. The number of hydrogen-bond donors (Lipinski definition) is 2. The van der Waals surface area contributed by atoms with E-state index in [2.05, 4.69) is 0 Å². The first kappa shape index (κ1) is 11.5. The highest BCUT2D eigenvalue weighted by molar-refractivity contribution is 5.81. The fraction of sp³-hybridized carbons (Fsp3) is 0.900. The van der Waals surface area contributed by atoms with Gasteiger partial charge in [0.1, 0.15) is 6.04 Å². The van der Waals surface area contributed by atoms with Crippen LogP contribution in [-0.4, -0.2) is 42.2 Å². The van der Waals surface area contributed by atoms with E-state index >= 15 is 0 Å². The second kappa shape index (κ2) is 5.32. The number of carbonyl (C=O) groups excluding carboxylic acids is 1. The lowest BCUT2D eigenvalue weighted by Crippen LogP contribution is -2.44. The van der Waals surface area contributed by atoms with Crippen molar-refractivity contribution in [1.29, 1.82) is 0 Å². The zero-order chi connectivity index (χ0) is 10.6.